The molecule has 2 aromatic carbocycles. The standard InChI is InChI=1S/C21H20ClN5O4S/c1-12(23-19(29)13-3-7-15(22)8-4-13)18-25-26-21(27(18)2)32-11-17(28)24-16-9-5-14(6-10-16)20(30)31/h3-10,12H,11H2,1-2H3,(H,23,29)(H,24,28)(H,30,31)/t12-/m0/s1. The van der Waals surface area contributed by atoms with E-state index in [1.54, 1.807) is 42.8 Å². The number of aromatic nitrogens is 3. The zero-order chi connectivity index (χ0) is 23.3. The third-order valence-electron chi connectivity index (χ3n) is 4.46. The van der Waals surface area contributed by atoms with Crippen LogP contribution in [-0.4, -0.2) is 43.4 Å². The van der Waals surface area contributed by atoms with E-state index in [0.29, 0.717) is 27.3 Å². The fourth-order valence-electron chi connectivity index (χ4n) is 2.80. The van der Waals surface area contributed by atoms with Gasteiger partial charge in [-0.3, -0.25) is 9.59 Å². The summed E-state index contributed by atoms with van der Waals surface area (Å²) in [6.45, 7) is 1.79. The van der Waals surface area contributed by atoms with Crippen LogP contribution in [0.3, 0.4) is 0 Å². The minimum absolute atomic E-state index is 0.0815. The molecular weight excluding hydrogens is 454 g/mol. The average molecular weight is 474 g/mol. The first-order chi connectivity index (χ1) is 15.2. The van der Waals surface area contributed by atoms with Gasteiger partial charge in [-0.25, -0.2) is 4.79 Å². The minimum atomic E-state index is -1.03. The van der Waals surface area contributed by atoms with Crippen molar-refractivity contribution in [2.75, 3.05) is 11.1 Å². The summed E-state index contributed by atoms with van der Waals surface area (Å²) in [5, 5.41) is 23.8. The number of carboxylic acids is 1. The van der Waals surface area contributed by atoms with Gasteiger partial charge in [-0.05, 0) is 55.5 Å². The van der Waals surface area contributed by atoms with Gasteiger partial charge in [-0.2, -0.15) is 0 Å². The van der Waals surface area contributed by atoms with Crippen LogP contribution in [0.25, 0.3) is 0 Å². The van der Waals surface area contributed by atoms with Crippen LogP contribution in [0.1, 0.15) is 39.5 Å². The number of nitrogens with one attached hydrogen (secondary N) is 2. The lowest BCUT2D eigenvalue weighted by Crippen LogP contribution is -2.28. The van der Waals surface area contributed by atoms with E-state index in [2.05, 4.69) is 20.8 Å². The maximum atomic E-state index is 12.4. The Hall–Kier alpha value is -3.37. The largest absolute Gasteiger partial charge is 0.478 e. The molecule has 1 heterocycles. The van der Waals surface area contributed by atoms with Crippen LogP contribution in [0.2, 0.25) is 5.02 Å². The van der Waals surface area contributed by atoms with Gasteiger partial charge in [0.1, 0.15) is 0 Å². The Labute approximate surface area is 193 Å². The molecule has 1 aromatic heterocycles. The van der Waals surface area contributed by atoms with Gasteiger partial charge in [0, 0.05) is 23.3 Å². The van der Waals surface area contributed by atoms with Crippen LogP contribution < -0.4 is 10.6 Å². The molecule has 9 nitrogen and oxygen atoms in total. The first-order valence-corrected chi connectivity index (χ1v) is 10.8. The molecule has 11 heteroatoms. The molecule has 0 unspecified atom stereocenters. The summed E-state index contributed by atoms with van der Waals surface area (Å²) in [5.41, 5.74) is 1.12. The van der Waals surface area contributed by atoms with E-state index in [1.807, 2.05) is 0 Å². The van der Waals surface area contributed by atoms with E-state index < -0.39 is 12.0 Å². The van der Waals surface area contributed by atoms with E-state index in [0.717, 1.165) is 0 Å². The predicted molar refractivity (Wildman–Crippen MR) is 121 cm³/mol. The quantitative estimate of drug-likeness (QED) is 0.428. The van der Waals surface area contributed by atoms with Crippen molar-refractivity contribution in [1.29, 1.82) is 0 Å². The number of carbonyl (C=O) groups is 3. The number of halogens is 1. The van der Waals surface area contributed by atoms with E-state index in [-0.39, 0.29) is 23.1 Å². The molecule has 0 saturated carbocycles. The fraction of sp³-hybridized carbons (Fsp3) is 0.190. The number of anilines is 1. The SMILES string of the molecule is C[C@H](NC(=O)c1ccc(Cl)cc1)c1nnc(SCC(=O)Nc2ccc(C(=O)O)cc2)n1C. The Balaban J connectivity index is 1.55. The average Bonchev–Trinajstić information content (AvgIpc) is 3.13. The number of hydrogen-bond acceptors (Lipinski definition) is 6. The summed E-state index contributed by atoms with van der Waals surface area (Å²) in [7, 11) is 1.76. The zero-order valence-corrected chi connectivity index (χ0v) is 18.8. The number of rotatable bonds is 8. The summed E-state index contributed by atoms with van der Waals surface area (Å²) in [6.07, 6.45) is 0. The number of thioether (sulfide) groups is 1. The highest BCUT2D eigenvalue weighted by Crippen LogP contribution is 2.20. The maximum Gasteiger partial charge on any atom is 0.335 e. The van der Waals surface area contributed by atoms with Crippen molar-refractivity contribution in [1.82, 2.24) is 20.1 Å². The molecule has 3 rings (SSSR count). The third kappa shape index (κ3) is 5.86. The highest BCUT2D eigenvalue weighted by Gasteiger charge is 2.19. The van der Waals surface area contributed by atoms with Gasteiger partial charge in [0.05, 0.1) is 17.4 Å². The minimum Gasteiger partial charge on any atom is -0.478 e. The van der Waals surface area contributed by atoms with E-state index in [9.17, 15) is 14.4 Å². The lowest BCUT2D eigenvalue weighted by atomic mass is 10.2. The van der Waals surface area contributed by atoms with Gasteiger partial charge in [0.15, 0.2) is 11.0 Å². The lowest BCUT2D eigenvalue weighted by molar-refractivity contribution is -0.113. The monoisotopic (exact) mass is 473 g/mol. The first-order valence-electron chi connectivity index (χ1n) is 9.46. The Morgan fingerprint density at radius 2 is 1.69 bits per heavy atom. The second kappa shape index (κ2) is 10.3. The van der Waals surface area contributed by atoms with Gasteiger partial charge in [-0.1, -0.05) is 23.4 Å². The summed E-state index contributed by atoms with van der Waals surface area (Å²) >= 11 is 7.04. The van der Waals surface area contributed by atoms with Crippen molar-refractivity contribution in [2.45, 2.75) is 18.1 Å². The number of carbonyl (C=O) groups excluding carboxylic acids is 2. The summed E-state index contributed by atoms with van der Waals surface area (Å²) in [6, 6.07) is 12.0. The Kier molecular flexibility index (Phi) is 7.49. The van der Waals surface area contributed by atoms with E-state index in [1.165, 1.54) is 36.0 Å². The van der Waals surface area contributed by atoms with Crippen molar-refractivity contribution >= 4 is 46.8 Å². The van der Waals surface area contributed by atoms with Crippen LogP contribution >= 0.6 is 23.4 Å². The van der Waals surface area contributed by atoms with E-state index in [4.69, 9.17) is 16.7 Å². The molecule has 0 aliphatic heterocycles. The van der Waals surface area contributed by atoms with Gasteiger partial charge >= 0.3 is 5.97 Å². The molecule has 0 aliphatic carbocycles. The summed E-state index contributed by atoms with van der Waals surface area (Å²) in [4.78, 5) is 35.5. The molecule has 0 saturated heterocycles. The van der Waals surface area contributed by atoms with Gasteiger partial charge in [0.25, 0.3) is 5.91 Å². The lowest BCUT2D eigenvalue weighted by Gasteiger charge is -2.13. The fourth-order valence-corrected chi connectivity index (χ4v) is 3.64. The molecular formula is C21H20ClN5O4S. The molecule has 0 fully saturated rings. The van der Waals surface area contributed by atoms with Crippen molar-refractivity contribution in [3.63, 3.8) is 0 Å². The molecule has 3 aromatic rings. The number of carboxylic acid groups (broad SMARTS) is 1. The van der Waals surface area contributed by atoms with Gasteiger partial charge < -0.3 is 20.3 Å². The predicted octanol–water partition coefficient (Wildman–Crippen LogP) is 3.39. The molecule has 0 radical (unpaired) electrons. The molecule has 0 bridgehead atoms. The van der Waals surface area contributed by atoms with Crippen molar-refractivity contribution in [2.24, 2.45) is 7.05 Å². The summed E-state index contributed by atoms with van der Waals surface area (Å²) in [5.74, 6) is -0.945. The molecule has 0 aliphatic rings. The Morgan fingerprint density at radius 1 is 1.06 bits per heavy atom. The number of hydrogen-bond donors (Lipinski definition) is 3. The molecule has 1 atom stereocenters. The molecule has 0 spiro atoms. The van der Waals surface area contributed by atoms with Crippen molar-refractivity contribution in [3.8, 4) is 0 Å². The number of nitrogens with zero attached hydrogens (tertiary/aromatic N) is 3. The topological polar surface area (TPSA) is 126 Å². The van der Waals surface area contributed by atoms with Gasteiger partial charge in [0.2, 0.25) is 5.91 Å². The number of benzene rings is 2. The normalized spacial score (nSPS) is 11.6. The Bertz CT molecular complexity index is 1130. The maximum absolute atomic E-state index is 12.4. The highest BCUT2D eigenvalue weighted by molar-refractivity contribution is 7.99. The van der Waals surface area contributed by atoms with Crippen molar-refractivity contribution in [3.05, 3.63) is 70.5 Å². The zero-order valence-electron chi connectivity index (χ0n) is 17.2. The van der Waals surface area contributed by atoms with Gasteiger partial charge in [-0.15, -0.1) is 10.2 Å². The first kappa shape index (κ1) is 23.3. The number of aromatic carboxylic acids is 1. The van der Waals surface area contributed by atoms with Crippen LogP contribution in [0.4, 0.5) is 5.69 Å². The number of amides is 2. The van der Waals surface area contributed by atoms with Crippen LogP contribution in [0.15, 0.2) is 53.7 Å². The smallest absolute Gasteiger partial charge is 0.335 e. The highest BCUT2D eigenvalue weighted by atomic mass is 35.5. The van der Waals surface area contributed by atoms with Crippen molar-refractivity contribution < 1.29 is 19.5 Å². The third-order valence-corrected chi connectivity index (χ3v) is 5.73. The Morgan fingerprint density at radius 3 is 2.31 bits per heavy atom. The van der Waals surface area contributed by atoms with Crippen LogP contribution in [-0.2, 0) is 11.8 Å². The van der Waals surface area contributed by atoms with Crippen LogP contribution in [0.5, 0.6) is 0 Å². The molecule has 3 N–H and O–H groups in total. The molecule has 166 valence electrons. The van der Waals surface area contributed by atoms with Crippen LogP contribution in [0, 0.1) is 0 Å². The second-order valence-corrected chi connectivity index (χ2v) is 8.20. The molecule has 2 amide bonds. The molecule has 32 heavy (non-hydrogen) atoms. The summed E-state index contributed by atoms with van der Waals surface area (Å²) < 4.78 is 1.71. The second-order valence-electron chi connectivity index (χ2n) is 6.82. The van der Waals surface area contributed by atoms with E-state index >= 15 is 0 Å².